The molecule has 26 heavy (non-hydrogen) atoms. The second-order valence-electron chi connectivity index (χ2n) is 6.69. The summed E-state index contributed by atoms with van der Waals surface area (Å²) in [5, 5.41) is 14.7. The van der Waals surface area contributed by atoms with Gasteiger partial charge in [0.25, 0.3) is 5.91 Å². The Labute approximate surface area is 150 Å². The fourth-order valence-electron chi connectivity index (χ4n) is 3.35. The van der Waals surface area contributed by atoms with E-state index in [0.717, 1.165) is 11.0 Å². The number of amides is 1. The first kappa shape index (κ1) is 16.9. The van der Waals surface area contributed by atoms with Crippen LogP contribution in [0.15, 0.2) is 51.5 Å². The van der Waals surface area contributed by atoms with Gasteiger partial charge in [0.2, 0.25) is 0 Å². The first-order valence-electron chi connectivity index (χ1n) is 8.74. The summed E-state index contributed by atoms with van der Waals surface area (Å²) in [5.74, 6) is 0.672. The summed E-state index contributed by atoms with van der Waals surface area (Å²) in [6, 6.07) is 10.9. The molecule has 1 aliphatic rings. The molecule has 1 amide bonds. The molecule has 0 aliphatic carbocycles. The fraction of sp³-hybridized carbons (Fsp3) is 0.350. The lowest BCUT2D eigenvalue weighted by molar-refractivity contribution is -0.0804. The van der Waals surface area contributed by atoms with Crippen molar-refractivity contribution in [3.8, 4) is 0 Å². The number of fused-ring (bicyclic) bond motifs is 1. The van der Waals surface area contributed by atoms with E-state index in [0.29, 0.717) is 43.1 Å². The van der Waals surface area contributed by atoms with Crippen molar-refractivity contribution < 1.29 is 23.5 Å². The normalized spacial score (nSPS) is 17.9. The Morgan fingerprint density at radius 1 is 1.23 bits per heavy atom. The zero-order valence-electron chi connectivity index (χ0n) is 14.5. The van der Waals surface area contributed by atoms with E-state index in [2.05, 4.69) is 5.32 Å². The van der Waals surface area contributed by atoms with E-state index in [4.69, 9.17) is 13.6 Å². The van der Waals surface area contributed by atoms with Crippen molar-refractivity contribution in [1.82, 2.24) is 5.32 Å². The number of para-hydroxylation sites is 1. The van der Waals surface area contributed by atoms with Crippen molar-refractivity contribution in [1.29, 1.82) is 0 Å². The van der Waals surface area contributed by atoms with E-state index >= 15 is 0 Å². The molecule has 1 fully saturated rings. The number of ether oxygens (including phenoxy) is 1. The highest BCUT2D eigenvalue weighted by atomic mass is 16.5. The second kappa shape index (κ2) is 6.63. The zero-order valence-corrected chi connectivity index (χ0v) is 14.5. The summed E-state index contributed by atoms with van der Waals surface area (Å²) in [6.07, 6.45) is 2.24. The molecule has 0 saturated carbocycles. The van der Waals surface area contributed by atoms with Gasteiger partial charge in [-0.25, -0.2) is 0 Å². The standard InChI is InChI=1S/C20H21NO5/c1-13(17-12-14-4-2-3-5-16(14)26-17)21-19(22)15-6-9-25-18(15)20(23)7-10-24-11-8-20/h2-6,9,12-13,23H,7-8,10-11H2,1H3,(H,21,22). The van der Waals surface area contributed by atoms with Crippen molar-refractivity contribution in [3.05, 3.63) is 59.7 Å². The average Bonchev–Trinajstić information content (AvgIpc) is 3.29. The van der Waals surface area contributed by atoms with Gasteiger partial charge in [-0.05, 0) is 25.1 Å². The summed E-state index contributed by atoms with van der Waals surface area (Å²) in [5.41, 5.74) is -0.0433. The Morgan fingerprint density at radius 3 is 2.77 bits per heavy atom. The molecule has 4 rings (SSSR count). The van der Waals surface area contributed by atoms with Gasteiger partial charge in [-0.2, -0.15) is 0 Å². The highest BCUT2D eigenvalue weighted by molar-refractivity contribution is 5.95. The van der Waals surface area contributed by atoms with Crippen LogP contribution in [0.5, 0.6) is 0 Å². The molecule has 2 aromatic heterocycles. The number of hydrogen-bond acceptors (Lipinski definition) is 5. The zero-order chi connectivity index (χ0) is 18.1. The van der Waals surface area contributed by atoms with Crippen LogP contribution in [-0.4, -0.2) is 24.2 Å². The van der Waals surface area contributed by atoms with Gasteiger partial charge < -0.3 is 24.0 Å². The number of carbonyl (C=O) groups is 1. The second-order valence-corrected chi connectivity index (χ2v) is 6.69. The molecule has 2 N–H and O–H groups in total. The number of nitrogens with one attached hydrogen (secondary N) is 1. The number of benzene rings is 1. The Morgan fingerprint density at radius 2 is 2.00 bits per heavy atom. The van der Waals surface area contributed by atoms with Crippen molar-refractivity contribution in [2.24, 2.45) is 0 Å². The van der Waals surface area contributed by atoms with E-state index < -0.39 is 5.60 Å². The quantitative estimate of drug-likeness (QED) is 0.748. The minimum atomic E-state index is -1.17. The largest absolute Gasteiger partial charge is 0.465 e. The van der Waals surface area contributed by atoms with Crippen molar-refractivity contribution in [3.63, 3.8) is 0 Å². The van der Waals surface area contributed by atoms with Crippen molar-refractivity contribution >= 4 is 16.9 Å². The van der Waals surface area contributed by atoms with Crippen LogP contribution in [0.3, 0.4) is 0 Å². The number of furan rings is 2. The lowest BCUT2D eigenvalue weighted by Crippen LogP contribution is -2.36. The minimum absolute atomic E-state index is 0.301. The van der Waals surface area contributed by atoms with E-state index in [1.165, 1.54) is 6.26 Å². The molecule has 0 spiro atoms. The SMILES string of the molecule is CC(NC(=O)c1ccoc1C1(O)CCOCC1)c1cc2ccccc2o1. The lowest BCUT2D eigenvalue weighted by Gasteiger charge is -2.30. The van der Waals surface area contributed by atoms with Crippen LogP contribution in [0.2, 0.25) is 0 Å². The minimum Gasteiger partial charge on any atom is -0.465 e. The molecule has 136 valence electrons. The number of aliphatic hydroxyl groups is 1. The predicted molar refractivity (Wildman–Crippen MR) is 94.8 cm³/mol. The van der Waals surface area contributed by atoms with Gasteiger partial charge in [-0.15, -0.1) is 0 Å². The molecule has 3 heterocycles. The molecule has 0 bridgehead atoms. The van der Waals surface area contributed by atoms with E-state index in [9.17, 15) is 9.90 Å². The van der Waals surface area contributed by atoms with Gasteiger partial charge in [-0.3, -0.25) is 4.79 Å². The van der Waals surface area contributed by atoms with E-state index in [1.54, 1.807) is 6.07 Å². The molecular formula is C20H21NO5. The van der Waals surface area contributed by atoms with Gasteiger partial charge in [0.15, 0.2) is 0 Å². The molecule has 1 unspecified atom stereocenters. The highest BCUT2D eigenvalue weighted by Gasteiger charge is 2.38. The number of rotatable bonds is 4. The van der Waals surface area contributed by atoms with Gasteiger partial charge in [0.05, 0.1) is 17.9 Å². The van der Waals surface area contributed by atoms with Crippen LogP contribution in [0.1, 0.15) is 47.7 Å². The Hall–Kier alpha value is -2.57. The molecule has 1 aliphatic heterocycles. The summed E-state index contributed by atoms with van der Waals surface area (Å²) in [4.78, 5) is 12.8. The molecular weight excluding hydrogens is 334 g/mol. The van der Waals surface area contributed by atoms with Crippen LogP contribution in [-0.2, 0) is 10.3 Å². The molecule has 1 atom stereocenters. The van der Waals surface area contributed by atoms with Crippen LogP contribution in [0.25, 0.3) is 11.0 Å². The maximum absolute atomic E-state index is 12.8. The summed E-state index contributed by atoms with van der Waals surface area (Å²) in [7, 11) is 0. The maximum Gasteiger partial charge on any atom is 0.255 e. The van der Waals surface area contributed by atoms with Crippen LogP contribution in [0, 0.1) is 0 Å². The lowest BCUT2D eigenvalue weighted by atomic mass is 9.89. The number of hydrogen-bond donors (Lipinski definition) is 2. The van der Waals surface area contributed by atoms with Crippen molar-refractivity contribution in [2.45, 2.75) is 31.4 Å². The van der Waals surface area contributed by atoms with Gasteiger partial charge >= 0.3 is 0 Å². The third kappa shape index (κ3) is 3.02. The molecule has 1 saturated heterocycles. The third-order valence-corrected chi connectivity index (χ3v) is 4.87. The maximum atomic E-state index is 12.8. The van der Waals surface area contributed by atoms with Gasteiger partial charge in [-0.1, -0.05) is 18.2 Å². The molecule has 3 aromatic rings. The summed E-state index contributed by atoms with van der Waals surface area (Å²) in [6.45, 7) is 2.74. The smallest absolute Gasteiger partial charge is 0.255 e. The topological polar surface area (TPSA) is 84.8 Å². The Balaban J connectivity index is 1.54. The molecule has 1 aromatic carbocycles. The fourth-order valence-corrected chi connectivity index (χ4v) is 3.35. The van der Waals surface area contributed by atoms with Crippen LogP contribution >= 0.6 is 0 Å². The molecule has 6 nitrogen and oxygen atoms in total. The summed E-state index contributed by atoms with van der Waals surface area (Å²) >= 11 is 0. The van der Waals surface area contributed by atoms with Crippen LogP contribution in [0.4, 0.5) is 0 Å². The Bertz CT molecular complexity index is 886. The Kier molecular flexibility index (Phi) is 4.30. The molecule has 6 heteroatoms. The van der Waals surface area contributed by atoms with E-state index in [-0.39, 0.29) is 11.9 Å². The molecule has 0 radical (unpaired) electrons. The van der Waals surface area contributed by atoms with Crippen LogP contribution < -0.4 is 5.32 Å². The number of carbonyl (C=O) groups excluding carboxylic acids is 1. The monoisotopic (exact) mass is 355 g/mol. The van der Waals surface area contributed by atoms with Crippen molar-refractivity contribution in [2.75, 3.05) is 13.2 Å². The first-order valence-corrected chi connectivity index (χ1v) is 8.74. The first-order chi connectivity index (χ1) is 12.6. The summed E-state index contributed by atoms with van der Waals surface area (Å²) < 4.78 is 16.6. The third-order valence-electron chi connectivity index (χ3n) is 4.87. The van der Waals surface area contributed by atoms with Gasteiger partial charge in [0.1, 0.15) is 22.7 Å². The van der Waals surface area contributed by atoms with E-state index in [1.807, 2.05) is 37.3 Å². The van der Waals surface area contributed by atoms with Gasteiger partial charge in [0, 0.05) is 31.4 Å². The highest BCUT2D eigenvalue weighted by Crippen LogP contribution is 2.35. The average molecular weight is 355 g/mol. The predicted octanol–water partition coefficient (Wildman–Crippen LogP) is 3.51.